The predicted octanol–water partition coefficient (Wildman–Crippen LogP) is 1.16. The molecule has 0 spiro atoms. The maximum atomic E-state index is 12.0. The molecule has 2 aromatic carbocycles. The summed E-state index contributed by atoms with van der Waals surface area (Å²) in [5.74, 6) is -2.39. The van der Waals surface area contributed by atoms with E-state index < -0.39 is 34.1 Å². The average Bonchev–Trinajstić information content (AvgIpc) is 2.54. The van der Waals surface area contributed by atoms with Crippen molar-refractivity contribution in [3.05, 3.63) is 59.7 Å². The normalized spacial score (nSPS) is 13.1. The second-order valence-electron chi connectivity index (χ2n) is 4.14. The summed E-state index contributed by atoms with van der Waals surface area (Å²) in [6.07, 6.45) is 0. The van der Waals surface area contributed by atoms with Crippen molar-refractivity contribution in [3.63, 3.8) is 0 Å². The van der Waals surface area contributed by atoms with Gasteiger partial charge in [0.05, 0.1) is 11.1 Å². The van der Waals surface area contributed by atoms with Crippen LogP contribution >= 0.6 is 0 Å². The smallest absolute Gasteiger partial charge is 0.347 e. The number of carbonyl (C=O) groups is 2. The van der Waals surface area contributed by atoms with E-state index in [-0.39, 0.29) is 20.9 Å². The summed E-state index contributed by atoms with van der Waals surface area (Å²) in [5.41, 5.74) is -0.648. The van der Waals surface area contributed by atoms with Crippen LogP contribution in [-0.2, 0) is 26.9 Å². The second kappa shape index (κ2) is 7.38. The van der Waals surface area contributed by atoms with E-state index in [2.05, 4.69) is 4.74 Å². The Hall–Kier alpha value is -2.20. The van der Waals surface area contributed by atoms with E-state index >= 15 is 0 Å². The zero-order chi connectivity index (χ0) is 17.0. The van der Waals surface area contributed by atoms with E-state index in [1.165, 1.54) is 48.5 Å². The molecule has 7 nitrogen and oxygen atoms in total. The summed E-state index contributed by atoms with van der Waals surface area (Å²) < 4.78 is 48.8. The Morgan fingerprint density at radius 3 is 1.43 bits per heavy atom. The van der Waals surface area contributed by atoms with Crippen LogP contribution in [0.2, 0.25) is 0 Å². The molecule has 0 N–H and O–H groups in total. The number of esters is 2. The van der Waals surface area contributed by atoms with Crippen molar-refractivity contribution in [3.8, 4) is 0 Å². The van der Waals surface area contributed by atoms with Gasteiger partial charge in [0.25, 0.3) is 0 Å². The summed E-state index contributed by atoms with van der Waals surface area (Å²) in [7, 11) is 0. The molecule has 0 radical (unpaired) electrons. The maximum Gasteiger partial charge on any atom is 0.347 e. The van der Waals surface area contributed by atoms with Crippen LogP contribution in [0.1, 0.15) is 20.7 Å². The zero-order valence-electron chi connectivity index (χ0n) is 11.3. The van der Waals surface area contributed by atoms with Crippen molar-refractivity contribution in [1.29, 1.82) is 0 Å². The summed E-state index contributed by atoms with van der Waals surface area (Å²) >= 11 is -5.39. The molecule has 9 heteroatoms. The lowest BCUT2D eigenvalue weighted by molar-refractivity contribution is 0.0392. The van der Waals surface area contributed by atoms with Gasteiger partial charge in [0.2, 0.25) is 0 Å². The fourth-order valence-corrected chi connectivity index (χ4v) is 2.80. The second-order valence-corrected chi connectivity index (χ2v) is 5.96. The Bertz CT molecular complexity index is 749. The summed E-state index contributed by atoms with van der Waals surface area (Å²) in [4.78, 5) is 23.3. The molecule has 0 bridgehead atoms. The van der Waals surface area contributed by atoms with Crippen LogP contribution in [0.5, 0.6) is 0 Å². The highest BCUT2D eigenvalue weighted by atomic mass is 32.2. The van der Waals surface area contributed by atoms with Crippen molar-refractivity contribution in [2.24, 2.45) is 0 Å². The third-order valence-corrected chi connectivity index (χ3v) is 4.19. The fraction of sp³-hybridized carbons (Fsp3) is 0. The number of ether oxygens (including phenoxy) is 1. The average molecular weight is 352 g/mol. The van der Waals surface area contributed by atoms with Gasteiger partial charge in [0.1, 0.15) is 0 Å². The van der Waals surface area contributed by atoms with Gasteiger partial charge in [-0.05, 0) is 46.4 Å². The van der Waals surface area contributed by atoms with Crippen molar-refractivity contribution in [1.82, 2.24) is 0 Å². The van der Waals surface area contributed by atoms with Crippen LogP contribution in [0.3, 0.4) is 0 Å². The first-order valence-electron chi connectivity index (χ1n) is 6.05. The SMILES string of the molecule is O=C(OC(=O)c1ccccc1S(=O)[O-])c1ccccc1S(=O)[O-]. The Labute approximate surface area is 135 Å². The Balaban J connectivity index is 2.30. The van der Waals surface area contributed by atoms with Crippen molar-refractivity contribution in [2.45, 2.75) is 9.79 Å². The number of hydrogen-bond donors (Lipinski definition) is 0. The molecule has 2 atom stereocenters. The highest BCUT2D eigenvalue weighted by Crippen LogP contribution is 2.17. The lowest BCUT2D eigenvalue weighted by Gasteiger charge is -2.12. The van der Waals surface area contributed by atoms with E-state index in [1.54, 1.807) is 0 Å². The van der Waals surface area contributed by atoms with Crippen LogP contribution in [-0.4, -0.2) is 29.5 Å². The summed E-state index contributed by atoms with van der Waals surface area (Å²) in [6.45, 7) is 0. The lowest BCUT2D eigenvalue weighted by Crippen LogP contribution is -2.16. The van der Waals surface area contributed by atoms with Crippen LogP contribution in [0, 0.1) is 0 Å². The van der Waals surface area contributed by atoms with Gasteiger partial charge in [0, 0.05) is 9.79 Å². The van der Waals surface area contributed by atoms with Crippen LogP contribution in [0.25, 0.3) is 0 Å². The molecule has 0 aliphatic heterocycles. The van der Waals surface area contributed by atoms with Gasteiger partial charge in [-0.2, -0.15) is 0 Å². The van der Waals surface area contributed by atoms with Gasteiger partial charge < -0.3 is 13.8 Å². The standard InChI is InChI=1S/C14H10O7S2/c15-13(9-5-1-3-7-11(9)22(17)18)21-14(16)10-6-2-4-8-12(10)23(19)20/h1-8H,(H,17,18)(H,19,20)/p-2. The third-order valence-electron chi connectivity index (χ3n) is 2.76. The summed E-state index contributed by atoms with van der Waals surface area (Å²) in [6, 6.07) is 10.3. The highest BCUT2D eigenvalue weighted by molar-refractivity contribution is 7.79. The minimum absolute atomic E-state index is 0.324. The monoisotopic (exact) mass is 352 g/mol. The molecule has 2 aromatic rings. The quantitative estimate of drug-likeness (QED) is 0.459. The topological polar surface area (TPSA) is 124 Å². The van der Waals surface area contributed by atoms with Crippen LogP contribution < -0.4 is 0 Å². The highest BCUT2D eigenvalue weighted by Gasteiger charge is 2.20. The van der Waals surface area contributed by atoms with E-state index in [0.29, 0.717) is 0 Å². The molecule has 0 aliphatic rings. The van der Waals surface area contributed by atoms with Gasteiger partial charge in [-0.1, -0.05) is 24.3 Å². The Morgan fingerprint density at radius 2 is 1.09 bits per heavy atom. The largest absolute Gasteiger partial charge is 0.768 e. The molecule has 120 valence electrons. The molecule has 0 saturated carbocycles. The number of benzene rings is 2. The molecule has 0 heterocycles. The van der Waals surface area contributed by atoms with Crippen molar-refractivity contribution in [2.75, 3.05) is 0 Å². The first kappa shape index (κ1) is 17.2. The molecule has 2 unspecified atom stereocenters. The molecule has 2 rings (SSSR count). The molecular formula is C14H8O7S2-2. The number of carbonyl (C=O) groups excluding carboxylic acids is 2. The van der Waals surface area contributed by atoms with E-state index in [0.717, 1.165) is 0 Å². The van der Waals surface area contributed by atoms with Gasteiger partial charge >= 0.3 is 11.9 Å². The Kier molecular flexibility index (Phi) is 5.50. The van der Waals surface area contributed by atoms with E-state index in [4.69, 9.17) is 0 Å². The molecule has 23 heavy (non-hydrogen) atoms. The minimum Gasteiger partial charge on any atom is -0.768 e. The third kappa shape index (κ3) is 3.96. The zero-order valence-corrected chi connectivity index (χ0v) is 12.9. The van der Waals surface area contributed by atoms with Crippen molar-refractivity contribution >= 4 is 34.1 Å². The fourth-order valence-electron chi connectivity index (χ4n) is 1.76. The van der Waals surface area contributed by atoms with Gasteiger partial charge in [-0.3, -0.25) is 8.42 Å². The lowest BCUT2D eigenvalue weighted by atomic mass is 10.2. The first-order valence-corrected chi connectivity index (χ1v) is 8.20. The molecule has 0 aromatic heterocycles. The Morgan fingerprint density at radius 1 is 0.739 bits per heavy atom. The minimum atomic E-state index is -2.69. The van der Waals surface area contributed by atoms with E-state index in [1.807, 2.05) is 0 Å². The van der Waals surface area contributed by atoms with Crippen LogP contribution in [0.15, 0.2) is 58.3 Å². The molecule has 0 aliphatic carbocycles. The summed E-state index contributed by atoms with van der Waals surface area (Å²) in [5, 5.41) is 0. The molecule has 0 amide bonds. The van der Waals surface area contributed by atoms with Gasteiger partial charge in [-0.25, -0.2) is 9.59 Å². The predicted molar refractivity (Wildman–Crippen MR) is 77.0 cm³/mol. The maximum absolute atomic E-state index is 12.0. The molecule has 0 saturated heterocycles. The number of rotatable bonds is 4. The van der Waals surface area contributed by atoms with Crippen molar-refractivity contribution < 1.29 is 31.8 Å². The van der Waals surface area contributed by atoms with Crippen LogP contribution in [0.4, 0.5) is 0 Å². The van der Waals surface area contributed by atoms with Gasteiger partial charge in [0.15, 0.2) is 0 Å². The molecule has 0 fully saturated rings. The van der Waals surface area contributed by atoms with Gasteiger partial charge in [-0.15, -0.1) is 0 Å². The molecular weight excluding hydrogens is 344 g/mol. The first-order chi connectivity index (χ1) is 10.9. The number of hydrogen-bond acceptors (Lipinski definition) is 7. The van der Waals surface area contributed by atoms with E-state index in [9.17, 15) is 27.1 Å².